The number of carbonyl (C=O) groups excluding carboxylic acids is 1. The monoisotopic (exact) mass is 405 g/mol. The summed E-state index contributed by atoms with van der Waals surface area (Å²) in [6.45, 7) is 1.11. The molecule has 2 heterocycles. The van der Waals surface area contributed by atoms with Gasteiger partial charge in [-0.15, -0.1) is 10.2 Å². The lowest BCUT2D eigenvalue weighted by molar-refractivity contribution is -0.123. The number of pyridine rings is 1. The molecule has 30 heavy (non-hydrogen) atoms. The zero-order valence-electron chi connectivity index (χ0n) is 17.2. The van der Waals surface area contributed by atoms with Crippen molar-refractivity contribution >= 4 is 5.91 Å². The van der Waals surface area contributed by atoms with Crippen molar-refractivity contribution in [3.63, 3.8) is 0 Å². The Kier molecular flexibility index (Phi) is 6.44. The lowest BCUT2D eigenvalue weighted by Crippen LogP contribution is -2.42. The predicted octanol–water partition coefficient (Wildman–Crippen LogP) is 2.47. The van der Waals surface area contributed by atoms with Crippen LogP contribution in [0, 0.1) is 0 Å². The van der Waals surface area contributed by atoms with E-state index in [1.165, 1.54) is 0 Å². The highest BCUT2D eigenvalue weighted by Crippen LogP contribution is 2.27. The molecule has 0 saturated heterocycles. The van der Waals surface area contributed by atoms with E-state index in [2.05, 4.69) is 25.7 Å². The summed E-state index contributed by atoms with van der Waals surface area (Å²) >= 11 is 0. The molecule has 1 fully saturated rings. The number of likely N-dealkylation sites (N-methyl/N-ethyl adjacent to an activating group) is 1. The molecule has 1 aliphatic rings. The summed E-state index contributed by atoms with van der Waals surface area (Å²) in [4.78, 5) is 20.2. The first-order valence-corrected chi connectivity index (χ1v) is 10.4. The minimum Gasteiger partial charge on any atom is -0.352 e. The van der Waals surface area contributed by atoms with Gasteiger partial charge in [0.05, 0.1) is 12.6 Å². The van der Waals surface area contributed by atoms with Crippen molar-refractivity contribution < 1.29 is 4.79 Å². The quantitative estimate of drug-likeness (QED) is 0.650. The SMILES string of the molecule is CN(CC(=O)NC1CCC(n2nnc(-c3ccccc3)n2)CC1)Cc1ccncc1. The fourth-order valence-electron chi connectivity index (χ4n) is 3.91. The van der Waals surface area contributed by atoms with E-state index in [0.717, 1.165) is 43.4 Å². The van der Waals surface area contributed by atoms with Crippen LogP contribution >= 0.6 is 0 Å². The minimum atomic E-state index is 0.0697. The number of nitrogens with one attached hydrogen (secondary N) is 1. The van der Waals surface area contributed by atoms with Gasteiger partial charge in [0.1, 0.15) is 0 Å². The van der Waals surface area contributed by atoms with E-state index in [4.69, 9.17) is 0 Å². The van der Waals surface area contributed by atoms with Crippen molar-refractivity contribution in [1.29, 1.82) is 0 Å². The average molecular weight is 406 g/mol. The Morgan fingerprint density at radius 3 is 2.57 bits per heavy atom. The number of aromatic nitrogens is 5. The Morgan fingerprint density at radius 2 is 1.83 bits per heavy atom. The molecule has 1 aliphatic carbocycles. The van der Waals surface area contributed by atoms with Crippen LogP contribution in [0.5, 0.6) is 0 Å². The molecule has 2 aromatic heterocycles. The summed E-state index contributed by atoms with van der Waals surface area (Å²) in [5.74, 6) is 0.725. The zero-order chi connectivity index (χ0) is 20.8. The number of nitrogens with zero attached hydrogens (tertiary/aromatic N) is 6. The second-order valence-electron chi connectivity index (χ2n) is 7.90. The minimum absolute atomic E-state index is 0.0697. The molecule has 1 saturated carbocycles. The zero-order valence-corrected chi connectivity index (χ0v) is 17.2. The van der Waals surface area contributed by atoms with Gasteiger partial charge in [-0.3, -0.25) is 14.7 Å². The molecular formula is C22H27N7O. The normalized spacial score (nSPS) is 19.0. The van der Waals surface area contributed by atoms with Crippen LogP contribution in [0.2, 0.25) is 0 Å². The van der Waals surface area contributed by atoms with Crippen molar-refractivity contribution in [2.45, 2.75) is 44.3 Å². The summed E-state index contributed by atoms with van der Waals surface area (Å²) in [5.41, 5.74) is 2.12. The summed E-state index contributed by atoms with van der Waals surface area (Å²) in [6, 6.07) is 14.3. The third kappa shape index (κ3) is 5.27. The van der Waals surface area contributed by atoms with E-state index in [-0.39, 0.29) is 18.0 Å². The molecule has 0 radical (unpaired) electrons. The molecule has 0 atom stereocenters. The van der Waals surface area contributed by atoms with Gasteiger partial charge in [-0.1, -0.05) is 30.3 Å². The molecule has 3 aromatic rings. The van der Waals surface area contributed by atoms with E-state index in [0.29, 0.717) is 12.4 Å². The Labute approximate surface area is 176 Å². The molecule has 8 nitrogen and oxygen atoms in total. The third-order valence-corrected chi connectivity index (χ3v) is 5.46. The lowest BCUT2D eigenvalue weighted by atomic mass is 9.91. The van der Waals surface area contributed by atoms with E-state index in [1.807, 2.05) is 54.4 Å². The highest BCUT2D eigenvalue weighted by atomic mass is 16.2. The molecule has 0 bridgehead atoms. The van der Waals surface area contributed by atoms with Crippen LogP contribution in [0.1, 0.15) is 37.3 Å². The van der Waals surface area contributed by atoms with Gasteiger partial charge in [-0.25, -0.2) is 0 Å². The Morgan fingerprint density at radius 1 is 1.10 bits per heavy atom. The van der Waals surface area contributed by atoms with Crippen LogP contribution in [0.25, 0.3) is 11.4 Å². The first kappa shape index (κ1) is 20.2. The van der Waals surface area contributed by atoms with Crippen molar-refractivity contribution in [1.82, 2.24) is 35.4 Å². The largest absolute Gasteiger partial charge is 0.352 e. The molecule has 0 unspecified atom stereocenters. The summed E-state index contributed by atoms with van der Waals surface area (Å²) < 4.78 is 0. The molecule has 1 amide bonds. The molecule has 0 aliphatic heterocycles. The first-order chi connectivity index (χ1) is 14.7. The fraction of sp³-hybridized carbons (Fsp3) is 0.409. The lowest BCUT2D eigenvalue weighted by Gasteiger charge is -2.28. The average Bonchev–Trinajstić information content (AvgIpc) is 3.26. The smallest absolute Gasteiger partial charge is 0.234 e. The van der Waals surface area contributed by atoms with Crippen LogP contribution in [0.3, 0.4) is 0 Å². The molecule has 156 valence electrons. The van der Waals surface area contributed by atoms with Gasteiger partial charge in [0, 0.05) is 30.5 Å². The third-order valence-electron chi connectivity index (χ3n) is 5.46. The molecular weight excluding hydrogens is 378 g/mol. The number of hydrogen-bond donors (Lipinski definition) is 1. The maximum Gasteiger partial charge on any atom is 0.234 e. The molecule has 4 rings (SSSR count). The number of rotatable bonds is 7. The van der Waals surface area contributed by atoms with Crippen molar-refractivity contribution in [3.8, 4) is 11.4 Å². The van der Waals surface area contributed by atoms with Crippen LogP contribution in [0.15, 0.2) is 54.9 Å². The van der Waals surface area contributed by atoms with Crippen molar-refractivity contribution in [2.75, 3.05) is 13.6 Å². The topological polar surface area (TPSA) is 88.8 Å². The summed E-state index contributed by atoms with van der Waals surface area (Å²) in [7, 11) is 1.96. The Balaban J connectivity index is 1.23. The molecule has 8 heteroatoms. The fourth-order valence-corrected chi connectivity index (χ4v) is 3.91. The van der Waals surface area contributed by atoms with Gasteiger partial charge in [-0.05, 0) is 55.6 Å². The van der Waals surface area contributed by atoms with E-state index in [1.54, 1.807) is 17.2 Å². The van der Waals surface area contributed by atoms with Crippen LogP contribution in [-0.4, -0.2) is 55.6 Å². The Bertz CT molecular complexity index is 936. The van der Waals surface area contributed by atoms with Gasteiger partial charge < -0.3 is 5.32 Å². The van der Waals surface area contributed by atoms with Crippen LogP contribution in [-0.2, 0) is 11.3 Å². The van der Waals surface area contributed by atoms with Gasteiger partial charge in [0.25, 0.3) is 0 Å². The van der Waals surface area contributed by atoms with Gasteiger partial charge >= 0.3 is 0 Å². The molecule has 1 aromatic carbocycles. The Hall–Kier alpha value is -3.13. The highest BCUT2D eigenvalue weighted by molar-refractivity contribution is 5.78. The standard InChI is InChI=1S/C22H27N7O/c1-28(15-17-11-13-23-14-12-17)16-21(30)24-19-7-9-20(10-8-19)29-26-22(25-27-29)18-5-3-2-4-6-18/h2-6,11-14,19-20H,7-10,15-16H2,1H3,(H,24,30). The highest BCUT2D eigenvalue weighted by Gasteiger charge is 2.25. The number of benzene rings is 1. The van der Waals surface area contributed by atoms with E-state index in [9.17, 15) is 4.79 Å². The number of hydrogen-bond acceptors (Lipinski definition) is 6. The van der Waals surface area contributed by atoms with Crippen molar-refractivity contribution in [3.05, 3.63) is 60.4 Å². The maximum atomic E-state index is 12.4. The molecule has 0 spiro atoms. The van der Waals surface area contributed by atoms with Gasteiger partial charge in [-0.2, -0.15) is 4.80 Å². The van der Waals surface area contributed by atoms with E-state index >= 15 is 0 Å². The number of amides is 1. The van der Waals surface area contributed by atoms with E-state index < -0.39 is 0 Å². The van der Waals surface area contributed by atoms with Crippen LogP contribution in [0.4, 0.5) is 0 Å². The van der Waals surface area contributed by atoms with Crippen LogP contribution < -0.4 is 5.32 Å². The number of tetrazole rings is 1. The van der Waals surface area contributed by atoms with Gasteiger partial charge in [0.15, 0.2) is 0 Å². The first-order valence-electron chi connectivity index (χ1n) is 10.4. The van der Waals surface area contributed by atoms with Gasteiger partial charge in [0.2, 0.25) is 11.7 Å². The summed E-state index contributed by atoms with van der Waals surface area (Å²) in [6.07, 6.45) is 7.26. The van der Waals surface area contributed by atoms with Crippen molar-refractivity contribution in [2.24, 2.45) is 0 Å². The second kappa shape index (κ2) is 9.58. The summed E-state index contributed by atoms with van der Waals surface area (Å²) in [5, 5.41) is 16.2. The molecule has 1 N–H and O–H groups in total. The predicted molar refractivity (Wildman–Crippen MR) is 113 cm³/mol. The second-order valence-corrected chi connectivity index (χ2v) is 7.90. The number of carbonyl (C=O) groups is 1. The maximum absolute atomic E-state index is 12.4.